The van der Waals surface area contributed by atoms with E-state index in [9.17, 15) is 4.79 Å². The summed E-state index contributed by atoms with van der Waals surface area (Å²) in [5.74, 6) is 1.33. The molecule has 6 heteroatoms. The van der Waals surface area contributed by atoms with Crippen LogP contribution in [0.15, 0.2) is 41.8 Å². The van der Waals surface area contributed by atoms with Gasteiger partial charge in [-0.2, -0.15) is 0 Å². The average molecular weight is 394 g/mol. The quantitative estimate of drug-likeness (QED) is 0.677. The Bertz CT molecular complexity index is 1010. The number of hydrogen-bond donors (Lipinski definition) is 1. The number of benzene rings is 2. The van der Waals surface area contributed by atoms with E-state index in [1.165, 1.54) is 22.5 Å². The molecule has 0 fully saturated rings. The van der Waals surface area contributed by atoms with Crippen molar-refractivity contribution in [2.45, 2.75) is 26.7 Å². The summed E-state index contributed by atoms with van der Waals surface area (Å²) in [7, 11) is 0. The van der Waals surface area contributed by atoms with Gasteiger partial charge in [-0.1, -0.05) is 29.8 Å². The molecule has 1 amide bonds. The highest BCUT2D eigenvalue weighted by Gasteiger charge is 2.16. The normalized spacial score (nSPS) is 12.8. The zero-order chi connectivity index (χ0) is 19.5. The van der Waals surface area contributed by atoms with Crippen molar-refractivity contribution in [1.29, 1.82) is 0 Å². The summed E-state index contributed by atoms with van der Waals surface area (Å²) >= 11 is 1.41. The molecule has 1 N–H and O–H groups in total. The zero-order valence-electron chi connectivity index (χ0n) is 16.0. The lowest BCUT2D eigenvalue weighted by Crippen LogP contribution is -2.21. The van der Waals surface area contributed by atoms with Crippen LogP contribution >= 0.6 is 11.3 Å². The molecule has 1 aliphatic rings. The first-order valence-corrected chi connectivity index (χ1v) is 10.2. The van der Waals surface area contributed by atoms with Crippen LogP contribution in [0.25, 0.3) is 11.3 Å². The molecular formula is C22H22N2O3S. The van der Waals surface area contributed by atoms with Crippen LogP contribution in [-0.4, -0.2) is 24.1 Å². The van der Waals surface area contributed by atoms with Crippen molar-refractivity contribution in [3.8, 4) is 22.8 Å². The van der Waals surface area contributed by atoms with Gasteiger partial charge in [0.1, 0.15) is 11.5 Å². The SMILES string of the molecule is Cc1ccc(-c2csc(NC(=O)COc3cccc4c3CCCO4)n2)c(C)c1. The predicted octanol–water partition coefficient (Wildman–Crippen LogP) is 4.77. The monoisotopic (exact) mass is 394 g/mol. The van der Waals surface area contributed by atoms with Gasteiger partial charge in [-0.15, -0.1) is 11.3 Å². The number of carbonyl (C=O) groups is 1. The number of nitrogens with zero attached hydrogens (tertiary/aromatic N) is 1. The van der Waals surface area contributed by atoms with Gasteiger partial charge in [0.2, 0.25) is 0 Å². The van der Waals surface area contributed by atoms with Crippen molar-refractivity contribution in [2.24, 2.45) is 0 Å². The van der Waals surface area contributed by atoms with Crippen molar-refractivity contribution in [3.05, 3.63) is 58.5 Å². The highest BCUT2D eigenvalue weighted by atomic mass is 32.1. The van der Waals surface area contributed by atoms with E-state index in [-0.39, 0.29) is 12.5 Å². The van der Waals surface area contributed by atoms with Gasteiger partial charge in [-0.3, -0.25) is 10.1 Å². The van der Waals surface area contributed by atoms with E-state index in [2.05, 4.69) is 42.3 Å². The molecular weight excluding hydrogens is 372 g/mol. The largest absolute Gasteiger partial charge is 0.493 e. The van der Waals surface area contributed by atoms with E-state index >= 15 is 0 Å². The highest BCUT2D eigenvalue weighted by molar-refractivity contribution is 7.14. The highest BCUT2D eigenvalue weighted by Crippen LogP contribution is 2.33. The van der Waals surface area contributed by atoms with E-state index in [0.717, 1.165) is 42.0 Å². The summed E-state index contributed by atoms with van der Waals surface area (Å²) in [6.45, 7) is 4.80. The first-order valence-electron chi connectivity index (χ1n) is 9.30. The Balaban J connectivity index is 1.39. The molecule has 0 saturated carbocycles. The minimum absolute atomic E-state index is 0.0606. The first kappa shape index (κ1) is 18.5. The minimum Gasteiger partial charge on any atom is -0.493 e. The summed E-state index contributed by atoms with van der Waals surface area (Å²) in [4.78, 5) is 16.9. The smallest absolute Gasteiger partial charge is 0.264 e. The van der Waals surface area contributed by atoms with Crippen molar-refractivity contribution >= 4 is 22.4 Å². The Morgan fingerprint density at radius 3 is 3.04 bits per heavy atom. The number of hydrogen-bond acceptors (Lipinski definition) is 5. The maximum absolute atomic E-state index is 12.3. The Kier molecular flexibility index (Phi) is 5.30. The van der Waals surface area contributed by atoms with Gasteiger partial charge >= 0.3 is 0 Å². The zero-order valence-corrected chi connectivity index (χ0v) is 16.8. The van der Waals surface area contributed by atoms with Crippen LogP contribution in [0.1, 0.15) is 23.1 Å². The van der Waals surface area contributed by atoms with Crippen LogP contribution in [0.5, 0.6) is 11.5 Å². The number of nitrogens with one attached hydrogen (secondary N) is 1. The number of amides is 1. The second-order valence-corrected chi connectivity index (χ2v) is 7.74. The molecule has 0 aliphatic carbocycles. The number of rotatable bonds is 5. The van der Waals surface area contributed by atoms with Crippen molar-refractivity contribution < 1.29 is 14.3 Å². The van der Waals surface area contributed by atoms with Crippen LogP contribution in [0, 0.1) is 13.8 Å². The summed E-state index contributed by atoms with van der Waals surface area (Å²) in [6.07, 6.45) is 1.86. The number of fused-ring (bicyclic) bond motifs is 1. The van der Waals surface area contributed by atoms with Crippen molar-refractivity contribution in [1.82, 2.24) is 4.98 Å². The number of aryl methyl sites for hydroxylation is 2. The molecule has 0 spiro atoms. The lowest BCUT2D eigenvalue weighted by atomic mass is 10.0. The summed E-state index contributed by atoms with van der Waals surface area (Å²) in [6, 6.07) is 12.0. The molecule has 2 aromatic carbocycles. The van der Waals surface area contributed by atoms with Gasteiger partial charge in [0.05, 0.1) is 12.3 Å². The number of ether oxygens (including phenoxy) is 2. The molecule has 28 heavy (non-hydrogen) atoms. The third-order valence-electron chi connectivity index (χ3n) is 4.69. The van der Waals surface area contributed by atoms with Crippen LogP contribution in [0.3, 0.4) is 0 Å². The van der Waals surface area contributed by atoms with Crippen molar-refractivity contribution in [2.75, 3.05) is 18.5 Å². The van der Waals surface area contributed by atoms with Crippen LogP contribution in [0.2, 0.25) is 0 Å². The van der Waals surface area contributed by atoms with E-state index in [0.29, 0.717) is 10.9 Å². The first-order chi connectivity index (χ1) is 13.6. The second-order valence-electron chi connectivity index (χ2n) is 6.88. The van der Waals surface area contributed by atoms with Crippen LogP contribution in [-0.2, 0) is 11.2 Å². The lowest BCUT2D eigenvalue weighted by Gasteiger charge is -2.19. The summed E-state index contributed by atoms with van der Waals surface area (Å²) in [5.41, 5.74) is 5.37. The number of anilines is 1. The Morgan fingerprint density at radius 2 is 2.18 bits per heavy atom. The second kappa shape index (κ2) is 8.02. The van der Waals surface area contributed by atoms with E-state index in [1.54, 1.807) is 0 Å². The Morgan fingerprint density at radius 1 is 1.29 bits per heavy atom. The van der Waals surface area contributed by atoms with Crippen LogP contribution in [0.4, 0.5) is 5.13 Å². The molecule has 1 aliphatic heterocycles. The van der Waals surface area contributed by atoms with Gasteiger partial charge in [0.25, 0.3) is 5.91 Å². The fraction of sp³-hybridized carbons (Fsp3) is 0.273. The molecule has 144 valence electrons. The molecule has 2 heterocycles. The Hall–Kier alpha value is -2.86. The predicted molar refractivity (Wildman–Crippen MR) is 111 cm³/mol. The number of carbonyl (C=O) groups excluding carboxylic acids is 1. The van der Waals surface area contributed by atoms with E-state index < -0.39 is 0 Å². The van der Waals surface area contributed by atoms with Gasteiger partial charge in [0, 0.05) is 16.5 Å². The summed E-state index contributed by atoms with van der Waals surface area (Å²) < 4.78 is 11.4. The van der Waals surface area contributed by atoms with Crippen molar-refractivity contribution in [3.63, 3.8) is 0 Å². The molecule has 0 unspecified atom stereocenters. The lowest BCUT2D eigenvalue weighted by molar-refractivity contribution is -0.118. The molecule has 4 rings (SSSR count). The van der Waals surface area contributed by atoms with Crippen LogP contribution < -0.4 is 14.8 Å². The minimum atomic E-state index is -0.226. The molecule has 5 nitrogen and oxygen atoms in total. The average Bonchev–Trinajstić information content (AvgIpc) is 3.14. The topological polar surface area (TPSA) is 60.5 Å². The standard InChI is InChI=1S/C22H22N2O3S/c1-14-8-9-16(15(2)11-14)18-13-28-22(23-18)24-21(25)12-27-20-7-3-6-19-17(20)5-4-10-26-19/h3,6-9,11,13H,4-5,10,12H2,1-2H3,(H,23,24,25). The third kappa shape index (κ3) is 4.02. The van der Waals surface area contributed by atoms with E-state index in [4.69, 9.17) is 9.47 Å². The fourth-order valence-corrected chi connectivity index (χ4v) is 4.07. The maximum Gasteiger partial charge on any atom is 0.264 e. The molecule has 0 radical (unpaired) electrons. The third-order valence-corrected chi connectivity index (χ3v) is 5.44. The molecule has 3 aromatic rings. The van der Waals surface area contributed by atoms with Gasteiger partial charge in [0.15, 0.2) is 11.7 Å². The molecule has 1 aromatic heterocycles. The summed E-state index contributed by atoms with van der Waals surface area (Å²) in [5, 5.41) is 5.35. The van der Waals surface area contributed by atoms with Gasteiger partial charge < -0.3 is 9.47 Å². The molecule has 0 atom stereocenters. The number of aromatic nitrogens is 1. The van der Waals surface area contributed by atoms with E-state index in [1.807, 2.05) is 23.6 Å². The van der Waals surface area contributed by atoms with Gasteiger partial charge in [-0.05, 0) is 44.4 Å². The molecule has 0 bridgehead atoms. The van der Waals surface area contributed by atoms with Gasteiger partial charge in [-0.25, -0.2) is 4.98 Å². The maximum atomic E-state index is 12.3. The fourth-order valence-electron chi connectivity index (χ4n) is 3.35. The Labute approximate surface area is 168 Å². The molecule has 0 saturated heterocycles. The number of thiazole rings is 1.